The Morgan fingerprint density at radius 2 is 1.86 bits per heavy atom. The molecule has 5 nitrogen and oxygen atoms in total. The molecule has 0 aromatic heterocycles. The maximum atomic E-state index is 14.0. The third-order valence-corrected chi connectivity index (χ3v) is 4.09. The highest BCUT2D eigenvalue weighted by atomic mass is 19.3. The second-order valence-electron chi connectivity index (χ2n) is 5.27. The van der Waals surface area contributed by atoms with Crippen LogP contribution >= 0.6 is 0 Å². The predicted molar refractivity (Wildman–Crippen MR) is 70.4 cm³/mol. The number of amides is 2. The zero-order chi connectivity index (χ0) is 15.2. The summed E-state index contributed by atoms with van der Waals surface area (Å²) in [5.74, 6) is -4.71. The molecule has 2 amide bonds. The second kappa shape index (κ2) is 4.68. The molecule has 0 aliphatic carbocycles. The Bertz CT molecular complexity index is 598. The Balaban J connectivity index is 1.87. The second-order valence-corrected chi connectivity index (χ2v) is 5.27. The molecule has 0 atom stereocenters. The lowest BCUT2D eigenvalue weighted by Crippen LogP contribution is -2.49. The molecule has 7 heteroatoms. The van der Waals surface area contributed by atoms with E-state index in [0.717, 1.165) is 4.90 Å². The van der Waals surface area contributed by atoms with Crippen LogP contribution in [0.2, 0.25) is 0 Å². The van der Waals surface area contributed by atoms with Crippen LogP contribution in [0.25, 0.3) is 0 Å². The van der Waals surface area contributed by atoms with E-state index in [1.165, 1.54) is 23.1 Å². The summed E-state index contributed by atoms with van der Waals surface area (Å²) < 4.78 is 28.1. The first kappa shape index (κ1) is 13.8. The fourth-order valence-electron chi connectivity index (χ4n) is 3.00. The average molecular weight is 296 g/mol. The minimum absolute atomic E-state index is 0.237. The number of carboxylic acid groups (broad SMARTS) is 1. The molecule has 21 heavy (non-hydrogen) atoms. The number of benzene rings is 1. The first-order valence-corrected chi connectivity index (χ1v) is 6.72. The van der Waals surface area contributed by atoms with Gasteiger partial charge in [0.25, 0.3) is 0 Å². The Hall–Kier alpha value is -2.18. The number of nitrogens with zero attached hydrogens (tertiary/aromatic N) is 2. The number of piperidine rings is 1. The van der Waals surface area contributed by atoms with Crippen molar-refractivity contribution in [3.8, 4) is 0 Å². The van der Waals surface area contributed by atoms with E-state index in [9.17, 15) is 18.4 Å². The Morgan fingerprint density at radius 3 is 2.48 bits per heavy atom. The van der Waals surface area contributed by atoms with Crippen LogP contribution in [0.3, 0.4) is 0 Å². The lowest BCUT2D eigenvalue weighted by atomic mass is 10.0. The molecular formula is C14H14F2N2O3. The molecule has 1 aromatic rings. The monoisotopic (exact) mass is 296 g/mol. The topological polar surface area (TPSA) is 60.9 Å². The molecule has 2 heterocycles. The van der Waals surface area contributed by atoms with E-state index in [4.69, 9.17) is 5.11 Å². The van der Waals surface area contributed by atoms with Crippen molar-refractivity contribution in [3.05, 3.63) is 29.8 Å². The Labute approximate surface area is 119 Å². The third-order valence-electron chi connectivity index (χ3n) is 4.09. The molecular weight excluding hydrogens is 282 g/mol. The number of para-hydroxylation sites is 1. The number of carbonyl (C=O) groups excluding carboxylic acids is 1. The van der Waals surface area contributed by atoms with Crippen LogP contribution in [0.4, 0.5) is 19.3 Å². The molecule has 1 N–H and O–H groups in total. The van der Waals surface area contributed by atoms with Crippen molar-refractivity contribution < 1.29 is 23.5 Å². The van der Waals surface area contributed by atoms with E-state index in [2.05, 4.69) is 0 Å². The summed E-state index contributed by atoms with van der Waals surface area (Å²) >= 11 is 0. The summed E-state index contributed by atoms with van der Waals surface area (Å²) in [6.07, 6.45) is -0.294. The molecule has 112 valence electrons. The summed E-state index contributed by atoms with van der Waals surface area (Å²) in [5, 5.41) is 8.91. The normalized spacial score (nSPS) is 21.5. The van der Waals surface area contributed by atoms with Crippen LogP contribution in [-0.4, -0.2) is 41.1 Å². The van der Waals surface area contributed by atoms with Crippen molar-refractivity contribution in [2.75, 3.05) is 18.0 Å². The summed E-state index contributed by atoms with van der Waals surface area (Å²) in [4.78, 5) is 25.3. The molecule has 2 aliphatic heterocycles. The van der Waals surface area contributed by atoms with Gasteiger partial charge in [0.1, 0.15) is 0 Å². The van der Waals surface area contributed by atoms with E-state index < -0.39 is 17.9 Å². The number of halogens is 2. The third kappa shape index (κ3) is 2.03. The maximum absolute atomic E-state index is 14.0. The first-order chi connectivity index (χ1) is 9.93. The highest BCUT2D eigenvalue weighted by molar-refractivity contribution is 6.06. The summed E-state index contributed by atoms with van der Waals surface area (Å²) in [6, 6.07) is 5.49. The molecule has 0 saturated carbocycles. The molecule has 3 rings (SSSR count). The first-order valence-electron chi connectivity index (χ1n) is 6.72. The van der Waals surface area contributed by atoms with Gasteiger partial charge in [-0.05, 0) is 18.9 Å². The molecule has 2 aliphatic rings. The Morgan fingerprint density at radius 1 is 1.24 bits per heavy atom. The number of fused-ring (bicyclic) bond motifs is 1. The standard InChI is InChI=1S/C14H14F2N2O3/c15-14(16)10-3-1-2-4-11(10)18(12(14)19)9-5-7-17(8-6-9)13(20)21/h1-4,9H,5-8H2,(H,20,21). The summed E-state index contributed by atoms with van der Waals surface area (Å²) in [6.45, 7) is 0.495. The van der Waals surface area contributed by atoms with Gasteiger partial charge in [-0.2, -0.15) is 8.78 Å². The van der Waals surface area contributed by atoms with Gasteiger partial charge in [-0.3, -0.25) is 4.79 Å². The van der Waals surface area contributed by atoms with Gasteiger partial charge in [-0.1, -0.05) is 18.2 Å². The van der Waals surface area contributed by atoms with E-state index in [-0.39, 0.29) is 30.4 Å². The van der Waals surface area contributed by atoms with Crippen molar-refractivity contribution in [1.82, 2.24) is 4.90 Å². The van der Waals surface area contributed by atoms with Crippen molar-refractivity contribution >= 4 is 17.7 Å². The molecule has 1 aromatic carbocycles. The number of hydrogen-bond acceptors (Lipinski definition) is 2. The van der Waals surface area contributed by atoms with Crippen LogP contribution in [-0.2, 0) is 10.7 Å². The molecule has 0 radical (unpaired) electrons. The number of alkyl halides is 2. The molecule has 1 saturated heterocycles. The molecule has 1 fully saturated rings. The lowest BCUT2D eigenvalue weighted by Gasteiger charge is -2.35. The Kier molecular flexibility index (Phi) is 3.07. The molecule has 0 spiro atoms. The fourth-order valence-corrected chi connectivity index (χ4v) is 3.00. The summed E-state index contributed by atoms with van der Waals surface area (Å²) in [7, 11) is 0. The minimum Gasteiger partial charge on any atom is -0.465 e. The number of anilines is 1. The van der Waals surface area contributed by atoms with E-state index in [0.29, 0.717) is 12.8 Å². The molecule has 0 bridgehead atoms. The fraction of sp³-hybridized carbons (Fsp3) is 0.429. The predicted octanol–water partition coefficient (Wildman–Crippen LogP) is 2.27. The zero-order valence-corrected chi connectivity index (χ0v) is 11.1. The largest absolute Gasteiger partial charge is 0.465 e. The van der Waals surface area contributed by atoms with Crippen molar-refractivity contribution in [2.45, 2.75) is 24.8 Å². The lowest BCUT2D eigenvalue weighted by molar-refractivity contribution is -0.142. The molecule has 0 unspecified atom stereocenters. The van der Waals surface area contributed by atoms with E-state index in [1.807, 2.05) is 0 Å². The maximum Gasteiger partial charge on any atom is 0.407 e. The van der Waals surface area contributed by atoms with Crippen LogP contribution in [0.1, 0.15) is 18.4 Å². The average Bonchev–Trinajstić information content (AvgIpc) is 2.67. The van der Waals surface area contributed by atoms with Gasteiger partial charge in [0, 0.05) is 19.1 Å². The minimum atomic E-state index is -3.50. The van der Waals surface area contributed by atoms with E-state index >= 15 is 0 Å². The van der Waals surface area contributed by atoms with E-state index in [1.54, 1.807) is 6.07 Å². The quantitative estimate of drug-likeness (QED) is 0.864. The number of rotatable bonds is 1. The van der Waals surface area contributed by atoms with Gasteiger partial charge in [-0.25, -0.2) is 4.79 Å². The van der Waals surface area contributed by atoms with Gasteiger partial charge in [0.2, 0.25) is 0 Å². The number of hydrogen-bond donors (Lipinski definition) is 1. The van der Waals surface area contributed by atoms with Crippen LogP contribution < -0.4 is 4.90 Å². The summed E-state index contributed by atoms with van der Waals surface area (Å²) in [5.41, 5.74) is -0.0306. The van der Waals surface area contributed by atoms with Gasteiger partial charge >= 0.3 is 17.9 Å². The van der Waals surface area contributed by atoms with Crippen molar-refractivity contribution in [3.63, 3.8) is 0 Å². The highest BCUT2D eigenvalue weighted by Gasteiger charge is 2.54. The van der Waals surface area contributed by atoms with Gasteiger partial charge < -0.3 is 14.9 Å². The smallest absolute Gasteiger partial charge is 0.407 e. The van der Waals surface area contributed by atoms with Crippen molar-refractivity contribution in [1.29, 1.82) is 0 Å². The van der Waals surface area contributed by atoms with Crippen LogP contribution in [0, 0.1) is 0 Å². The van der Waals surface area contributed by atoms with Crippen LogP contribution in [0.5, 0.6) is 0 Å². The SMILES string of the molecule is O=C(O)N1CCC(N2C(=O)C(F)(F)c3ccccc32)CC1. The van der Waals surface area contributed by atoms with Gasteiger partial charge in [0.05, 0.1) is 11.3 Å². The highest BCUT2D eigenvalue weighted by Crippen LogP contribution is 2.45. The van der Waals surface area contributed by atoms with Crippen molar-refractivity contribution in [2.24, 2.45) is 0 Å². The van der Waals surface area contributed by atoms with Gasteiger partial charge in [0.15, 0.2) is 0 Å². The zero-order valence-electron chi connectivity index (χ0n) is 11.1. The number of carbonyl (C=O) groups is 2. The number of likely N-dealkylation sites (tertiary alicyclic amines) is 1. The van der Waals surface area contributed by atoms with Crippen LogP contribution in [0.15, 0.2) is 24.3 Å². The van der Waals surface area contributed by atoms with Gasteiger partial charge in [-0.15, -0.1) is 0 Å².